The first-order valence-corrected chi connectivity index (χ1v) is 6.40. The molecule has 0 saturated heterocycles. The number of aromatic hydroxyl groups is 1. The van der Waals surface area contributed by atoms with Crippen LogP contribution in [-0.2, 0) is 0 Å². The highest BCUT2D eigenvalue weighted by molar-refractivity contribution is 5.75. The average Bonchev–Trinajstić information content (AvgIpc) is 2.53. The van der Waals surface area contributed by atoms with Crippen molar-refractivity contribution in [1.82, 2.24) is 0 Å². The zero-order valence-electron chi connectivity index (χ0n) is 12.0. The highest BCUT2D eigenvalue weighted by Gasteiger charge is 2.17. The molecule has 1 N–H and O–H groups in total. The number of methoxy groups -OCH3 is 1. The molecule has 0 aliphatic rings. The quantitative estimate of drug-likeness (QED) is 0.513. The van der Waals surface area contributed by atoms with Gasteiger partial charge in [0.1, 0.15) is 0 Å². The van der Waals surface area contributed by atoms with E-state index in [1.54, 1.807) is 18.2 Å². The van der Waals surface area contributed by atoms with Gasteiger partial charge in [0.05, 0.1) is 28.6 Å². The number of hydrogen-bond donors (Lipinski definition) is 1. The molecule has 2 aromatic carbocycles. The Kier molecular flexibility index (Phi) is 4.55. The van der Waals surface area contributed by atoms with Crippen LogP contribution in [0.4, 0.5) is 11.4 Å². The zero-order chi connectivity index (χ0) is 17.0. The van der Waals surface area contributed by atoms with E-state index >= 15 is 0 Å². The SMILES string of the molecule is COc1cc(/C=C/c2ccc([N+](=O)[O-])cc2[N+](=O)[O-])ccc1O. The van der Waals surface area contributed by atoms with Crippen LogP contribution >= 0.6 is 0 Å². The number of nitro groups is 2. The van der Waals surface area contributed by atoms with Gasteiger partial charge in [-0.1, -0.05) is 12.1 Å². The van der Waals surface area contributed by atoms with E-state index in [0.717, 1.165) is 6.07 Å². The fourth-order valence-electron chi connectivity index (χ4n) is 1.93. The second-order valence-electron chi connectivity index (χ2n) is 4.52. The van der Waals surface area contributed by atoms with Gasteiger partial charge in [-0.15, -0.1) is 0 Å². The Hall–Kier alpha value is -3.42. The van der Waals surface area contributed by atoms with Gasteiger partial charge in [-0.05, 0) is 29.8 Å². The minimum absolute atomic E-state index is 0.0223. The van der Waals surface area contributed by atoms with Gasteiger partial charge in [0.15, 0.2) is 11.5 Å². The van der Waals surface area contributed by atoms with Crippen LogP contribution in [0.1, 0.15) is 11.1 Å². The molecule has 0 spiro atoms. The van der Waals surface area contributed by atoms with Gasteiger partial charge in [-0.2, -0.15) is 0 Å². The Bertz CT molecular complexity index is 801. The maximum atomic E-state index is 11.0. The third-order valence-electron chi connectivity index (χ3n) is 3.08. The summed E-state index contributed by atoms with van der Waals surface area (Å²) in [5.74, 6) is 0.247. The Morgan fingerprint density at radius 1 is 1.04 bits per heavy atom. The molecule has 2 rings (SSSR count). The van der Waals surface area contributed by atoms with E-state index in [-0.39, 0.29) is 28.4 Å². The summed E-state index contributed by atoms with van der Waals surface area (Å²) in [7, 11) is 1.41. The molecule has 0 aliphatic carbocycles. The van der Waals surface area contributed by atoms with Crippen molar-refractivity contribution in [1.29, 1.82) is 0 Å². The monoisotopic (exact) mass is 316 g/mol. The number of phenolic OH excluding ortho intramolecular Hbond substituents is 1. The first-order chi connectivity index (χ1) is 10.9. The molecule has 0 heterocycles. The molecule has 0 aliphatic heterocycles. The standard InChI is InChI=1S/C15H12N2O6/c1-23-15-8-10(3-7-14(15)18)2-4-11-5-6-12(16(19)20)9-13(11)17(21)22/h2-9,18H,1H3/b4-2+. The number of non-ortho nitro benzene ring substituents is 1. The molecule has 0 bridgehead atoms. The number of ether oxygens (including phenoxy) is 1. The largest absolute Gasteiger partial charge is 0.504 e. The third-order valence-corrected chi connectivity index (χ3v) is 3.08. The number of benzene rings is 2. The fraction of sp³-hybridized carbons (Fsp3) is 0.0667. The molecule has 0 amide bonds. The molecule has 2 aromatic rings. The Morgan fingerprint density at radius 2 is 1.78 bits per heavy atom. The lowest BCUT2D eigenvalue weighted by molar-refractivity contribution is -0.394. The number of phenols is 1. The maximum Gasteiger partial charge on any atom is 0.283 e. The van der Waals surface area contributed by atoms with Crippen molar-refractivity contribution in [3.05, 3.63) is 67.8 Å². The highest BCUT2D eigenvalue weighted by Crippen LogP contribution is 2.29. The van der Waals surface area contributed by atoms with Gasteiger partial charge in [0, 0.05) is 6.07 Å². The smallest absolute Gasteiger partial charge is 0.283 e. The van der Waals surface area contributed by atoms with Gasteiger partial charge in [0.25, 0.3) is 11.4 Å². The van der Waals surface area contributed by atoms with Gasteiger partial charge in [-0.3, -0.25) is 20.2 Å². The summed E-state index contributed by atoms with van der Waals surface area (Å²) in [5.41, 5.74) is 0.168. The van der Waals surface area contributed by atoms with Crippen molar-refractivity contribution in [2.75, 3.05) is 7.11 Å². The van der Waals surface area contributed by atoms with E-state index in [0.29, 0.717) is 5.56 Å². The van der Waals surface area contributed by atoms with E-state index in [9.17, 15) is 25.3 Å². The van der Waals surface area contributed by atoms with Crippen molar-refractivity contribution < 1.29 is 19.7 Å². The van der Waals surface area contributed by atoms with Crippen molar-refractivity contribution >= 4 is 23.5 Å². The number of nitrogens with zero attached hydrogens (tertiary/aromatic N) is 2. The van der Waals surface area contributed by atoms with E-state index < -0.39 is 9.85 Å². The Labute approximate surface area is 130 Å². The maximum absolute atomic E-state index is 11.0. The molecule has 118 valence electrons. The molecule has 0 radical (unpaired) electrons. The van der Waals surface area contributed by atoms with Crippen molar-refractivity contribution in [3.63, 3.8) is 0 Å². The molecule has 0 fully saturated rings. The molecular formula is C15H12N2O6. The second-order valence-corrected chi connectivity index (χ2v) is 4.52. The summed E-state index contributed by atoms with van der Waals surface area (Å²) in [4.78, 5) is 20.4. The Balaban J connectivity index is 2.39. The minimum Gasteiger partial charge on any atom is -0.504 e. The summed E-state index contributed by atoms with van der Waals surface area (Å²) < 4.78 is 4.97. The molecule has 0 aromatic heterocycles. The minimum atomic E-state index is -0.689. The molecule has 8 nitrogen and oxygen atoms in total. The number of nitro benzene ring substituents is 2. The normalized spacial score (nSPS) is 10.7. The summed E-state index contributed by atoms with van der Waals surface area (Å²) in [6.07, 6.45) is 3.05. The van der Waals surface area contributed by atoms with Crippen LogP contribution in [0.2, 0.25) is 0 Å². The molecular weight excluding hydrogens is 304 g/mol. The third kappa shape index (κ3) is 3.62. The summed E-state index contributed by atoms with van der Waals surface area (Å²) in [6.45, 7) is 0. The Morgan fingerprint density at radius 3 is 2.39 bits per heavy atom. The predicted octanol–water partition coefficient (Wildman–Crippen LogP) is 3.39. The second kappa shape index (κ2) is 6.56. The van der Waals surface area contributed by atoms with E-state index in [2.05, 4.69) is 0 Å². The van der Waals surface area contributed by atoms with Gasteiger partial charge in [-0.25, -0.2) is 0 Å². The molecule has 0 saturated carbocycles. The van der Waals surface area contributed by atoms with Crippen LogP contribution in [0.15, 0.2) is 36.4 Å². The van der Waals surface area contributed by atoms with E-state index in [1.807, 2.05) is 0 Å². The van der Waals surface area contributed by atoms with Crippen LogP contribution < -0.4 is 4.74 Å². The van der Waals surface area contributed by atoms with Gasteiger partial charge < -0.3 is 9.84 Å². The topological polar surface area (TPSA) is 116 Å². The summed E-state index contributed by atoms with van der Waals surface area (Å²) in [6, 6.07) is 8.02. The molecule has 0 atom stereocenters. The lowest BCUT2D eigenvalue weighted by Crippen LogP contribution is -1.94. The lowest BCUT2D eigenvalue weighted by atomic mass is 10.1. The first-order valence-electron chi connectivity index (χ1n) is 6.40. The number of hydrogen-bond acceptors (Lipinski definition) is 6. The van der Waals surface area contributed by atoms with E-state index in [4.69, 9.17) is 4.74 Å². The molecule has 23 heavy (non-hydrogen) atoms. The van der Waals surface area contributed by atoms with Crippen LogP contribution in [0, 0.1) is 20.2 Å². The number of rotatable bonds is 5. The van der Waals surface area contributed by atoms with Crippen LogP contribution in [-0.4, -0.2) is 22.1 Å². The van der Waals surface area contributed by atoms with Gasteiger partial charge >= 0.3 is 0 Å². The van der Waals surface area contributed by atoms with Crippen LogP contribution in [0.3, 0.4) is 0 Å². The highest BCUT2D eigenvalue weighted by atomic mass is 16.6. The fourth-order valence-corrected chi connectivity index (χ4v) is 1.93. The predicted molar refractivity (Wildman–Crippen MR) is 83.3 cm³/mol. The molecule has 0 unspecified atom stereocenters. The lowest BCUT2D eigenvalue weighted by Gasteiger charge is -2.03. The first kappa shape index (κ1) is 16.0. The average molecular weight is 316 g/mol. The van der Waals surface area contributed by atoms with E-state index in [1.165, 1.54) is 31.4 Å². The van der Waals surface area contributed by atoms with Crippen LogP contribution in [0.25, 0.3) is 12.2 Å². The van der Waals surface area contributed by atoms with Gasteiger partial charge in [0.2, 0.25) is 0 Å². The van der Waals surface area contributed by atoms with Crippen molar-refractivity contribution in [3.8, 4) is 11.5 Å². The summed E-state index contributed by atoms with van der Waals surface area (Å²) in [5, 5.41) is 31.3. The molecule has 8 heteroatoms. The van der Waals surface area contributed by atoms with Crippen LogP contribution in [0.5, 0.6) is 11.5 Å². The van der Waals surface area contributed by atoms with Crippen molar-refractivity contribution in [2.24, 2.45) is 0 Å². The zero-order valence-corrected chi connectivity index (χ0v) is 12.0. The summed E-state index contributed by atoms with van der Waals surface area (Å²) >= 11 is 0. The van der Waals surface area contributed by atoms with Crippen molar-refractivity contribution in [2.45, 2.75) is 0 Å².